The predicted molar refractivity (Wildman–Crippen MR) is 148 cm³/mol. The number of amides is 1. The van der Waals surface area contributed by atoms with Gasteiger partial charge in [0.2, 0.25) is 5.91 Å². The van der Waals surface area contributed by atoms with Gasteiger partial charge >= 0.3 is 0 Å². The van der Waals surface area contributed by atoms with E-state index in [0.29, 0.717) is 30.9 Å². The first-order chi connectivity index (χ1) is 18.2. The summed E-state index contributed by atoms with van der Waals surface area (Å²) in [5.74, 6) is 1.00. The molecule has 1 heterocycles. The molecule has 0 saturated heterocycles. The third kappa shape index (κ3) is 5.38. The Balaban J connectivity index is 1.42. The van der Waals surface area contributed by atoms with Crippen molar-refractivity contribution in [3.8, 4) is 11.5 Å². The highest BCUT2D eigenvalue weighted by atomic mass is 16.5. The van der Waals surface area contributed by atoms with Gasteiger partial charge in [0, 0.05) is 30.0 Å². The van der Waals surface area contributed by atoms with Crippen molar-refractivity contribution in [3.05, 3.63) is 106 Å². The van der Waals surface area contributed by atoms with Gasteiger partial charge in [0.25, 0.3) is 0 Å². The summed E-state index contributed by atoms with van der Waals surface area (Å²) in [5, 5.41) is 3.03. The molecule has 3 aromatic carbocycles. The molecule has 2 aliphatic rings. The molecule has 0 radical (unpaired) electrons. The van der Waals surface area contributed by atoms with E-state index in [2.05, 4.69) is 50.4 Å². The van der Waals surface area contributed by atoms with Crippen LogP contribution >= 0.6 is 0 Å². The summed E-state index contributed by atoms with van der Waals surface area (Å²) < 4.78 is 11.7. The molecular formula is C33H35NO4. The first kappa shape index (κ1) is 25.8. The average Bonchev–Trinajstić information content (AvgIpc) is 2.91. The van der Waals surface area contributed by atoms with E-state index in [1.807, 2.05) is 48.5 Å². The molecule has 2 atom stereocenters. The van der Waals surface area contributed by atoms with E-state index in [1.165, 1.54) is 5.56 Å². The van der Waals surface area contributed by atoms with E-state index in [0.717, 1.165) is 28.0 Å². The number of allylic oxidation sites excluding steroid dienone is 2. The van der Waals surface area contributed by atoms with E-state index in [1.54, 1.807) is 7.11 Å². The molecule has 3 aromatic rings. The fourth-order valence-corrected chi connectivity index (χ4v) is 5.49. The molecule has 1 N–H and O–H groups in total. The first-order valence-electron chi connectivity index (χ1n) is 13.2. The number of nitrogens with one attached hydrogen (secondary N) is 1. The number of carbonyl (C=O) groups excluding carboxylic acids is 2. The minimum atomic E-state index is -0.305. The molecule has 0 spiro atoms. The van der Waals surface area contributed by atoms with E-state index in [4.69, 9.17) is 9.47 Å². The van der Waals surface area contributed by atoms with Crippen molar-refractivity contribution < 1.29 is 19.1 Å². The quantitative estimate of drug-likeness (QED) is 0.408. The Hall–Kier alpha value is -3.86. The van der Waals surface area contributed by atoms with Gasteiger partial charge in [-0.1, -0.05) is 81.4 Å². The van der Waals surface area contributed by atoms with E-state index in [-0.39, 0.29) is 35.4 Å². The van der Waals surface area contributed by atoms with Crippen molar-refractivity contribution in [3.63, 3.8) is 0 Å². The second-order valence-electron chi connectivity index (χ2n) is 11.3. The maximum Gasteiger partial charge on any atom is 0.225 e. The second kappa shape index (κ2) is 10.5. The molecule has 5 rings (SSSR count). The highest BCUT2D eigenvalue weighted by molar-refractivity contribution is 6.02. The fourth-order valence-electron chi connectivity index (χ4n) is 5.49. The molecule has 0 fully saturated rings. The van der Waals surface area contributed by atoms with Gasteiger partial charge in [-0.05, 0) is 52.1 Å². The Morgan fingerprint density at radius 1 is 0.842 bits per heavy atom. The first-order valence-corrected chi connectivity index (χ1v) is 13.2. The van der Waals surface area contributed by atoms with Crippen LogP contribution < -0.4 is 14.8 Å². The van der Waals surface area contributed by atoms with Gasteiger partial charge in [-0.25, -0.2) is 0 Å². The van der Waals surface area contributed by atoms with Gasteiger partial charge in [0.15, 0.2) is 17.3 Å². The molecule has 5 nitrogen and oxygen atoms in total. The zero-order chi connectivity index (χ0) is 26.9. The Labute approximate surface area is 224 Å². The summed E-state index contributed by atoms with van der Waals surface area (Å²) in [7, 11) is 1.61. The molecular weight excluding hydrogens is 474 g/mol. The summed E-state index contributed by atoms with van der Waals surface area (Å²) in [5.41, 5.74) is 5.89. The highest BCUT2D eigenvalue weighted by Crippen LogP contribution is 2.44. The van der Waals surface area contributed by atoms with Crippen molar-refractivity contribution in [2.24, 2.45) is 0 Å². The monoisotopic (exact) mass is 509 g/mol. The lowest BCUT2D eigenvalue weighted by atomic mass is 9.73. The van der Waals surface area contributed by atoms with Crippen LogP contribution in [0.25, 0.3) is 0 Å². The zero-order valence-electron chi connectivity index (χ0n) is 22.5. The standard InChI is InChI=1S/C33H35NO4/c1-33(2,3)25-13-10-22(11-14-25)24-16-27-32(28(35)17-24)26(19-31(36)34-27)23-12-15-29(37-4)30(18-23)38-20-21-8-6-5-7-9-21/h5-15,18,24,26H,16-17,19-20H2,1-4H3,(H,34,36). The van der Waals surface area contributed by atoms with Gasteiger partial charge in [-0.2, -0.15) is 0 Å². The summed E-state index contributed by atoms with van der Waals surface area (Å²) >= 11 is 0. The summed E-state index contributed by atoms with van der Waals surface area (Å²) in [6.45, 7) is 6.98. The van der Waals surface area contributed by atoms with Crippen LogP contribution in [0.15, 0.2) is 84.1 Å². The Morgan fingerprint density at radius 2 is 1.55 bits per heavy atom. The average molecular weight is 510 g/mol. The number of ether oxygens (including phenoxy) is 2. The second-order valence-corrected chi connectivity index (χ2v) is 11.3. The summed E-state index contributed by atoms with van der Waals surface area (Å²) in [6, 6.07) is 24.2. The van der Waals surface area contributed by atoms with Crippen molar-refractivity contribution in [1.82, 2.24) is 5.32 Å². The van der Waals surface area contributed by atoms with Crippen LogP contribution in [-0.4, -0.2) is 18.8 Å². The molecule has 196 valence electrons. The maximum absolute atomic E-state index is 13.6. The van der Waals surface area contributed by atoms with Crippen LogP contribution in [-0.2, 0) is 21.6 Å². The van der Waals surface area contributed by atoms with Crippen LogP contribution in [0.5, 0.6) is 11.5 Å². The van der Waals surface area contributed by atoms with Crippen LogP contribution in [0, 0.1) is 0 Å². The third-order valence-corrected chi connectivity index (χ3v) is 7.61. The van der Waals surface area contributed by atoms with Crippen molar-refractivity contribution in [2.75, 3.05) is 7.11 Å². The molecule has 1 aliphatic carbocycles. The Bertz CT molecular complexity index is 1370. The highest BCUT2D eigenvalue weighted by Gasteiger charge is 2.38. The number of hydrogen-bond acceptors (Lipinski definition) is 4. The Morgan fingerprint density at radius 3 is 2.24 bits per heavy atom. The smallest absolute Gasteiger partial charge is 0.225 e. The lowest BCUT2D eigenvalue weighted by molar-refractivity contribution is -0.122. The Kier molecular flexibility index (Phi) is 7.11. The van der Waals surface area contributed by atoms with Crippen LogP contribution in [0.1, 0.15) is 74.1 Å². The van der Waals surface area contributed by atoms with Crippen LogP contribution in [0.2, 0.25) is 0 Å². The SMILES string of the molecule is COc1ccc(C2CC(=O)NC3=C2C(=O)CC(c2ccc(C(C)(C)C)cc2)C3)cc1OCc1ccccc1. The van der Waals surface area contributed by atoms with Gasteiger partial charge in [0.05, 0.1) is 7.11 Å². The lowest BCUT2D eigenvalue weighted by Gasteiger charge is -2.34. The van der Waals surface area contributed by atoms with Gasteiger partial charge in [-0.3, -0.25) is 9.59 Å². The van der Waals surface area contributed by atoms with Gasteiger partial charge in [0.1, 0.15) is 6.61 Å². The fraction of sp³-hybridized carbons (Fsp3) is 0.333. The number of carbonyl (C=O) groups is 2. The van der Waals surface area contributed by atoms with Crippen LogP contribution in [0.4, 0.5) is 0 Å². The number of methoxy groups -OCH3 is 1. The summed E-state index contributed by atoms with van der Waals surface area (Å²) in [4.78, 5) is 26.4. The number of Topliss-reactive ketones (excluding diaryl/α,β-unsaturated/α-hetero) is 1. The van der Waals surface area contributed by atoms with E-state index in [9.17, 15) is 9.59 Å². The van der Waals surface area contributed by atoms with E-state index >= 15 is 0 Å². The van der Waals surface area contributed by atoms with Crippen molar-refractivity contribution in [1.29, 1.82) is 0 Å². The van der Waals surface area contributed by atoms with Gasteiger partial charge < -0.3 is 14.8 Å². The summed E-state index contributed by atoms with van der Waals surface area (Å²) in [6.07, 6.45) is 1.32. The lowest BCUT2D eigenvalue weighted by Crippen LogP contribution is -2.38. The minimum Gasteiger partial charge on any atom is -0.493 e. The van der Waals surface area contributed by atoms with Gasteiger partial charge in [-0.15, -0.1) is 0 Å². The normalized spacial score (nSPS) is 19.6. The molecule has 1 aliphatic heterocycles. The predicted octanol–water partition coefficient (Wildman–Crippen LogP) is 6.58. The van der Waals surface area contributed by atoms with Crippen molar-refractivity contribution >= 4 is 11.7 Å². The minimum absolute atomic E-state index is 0.0509. The molecule has 0 bridgehead atoms. The maximum atomic E-state index is 13.6. The third-order valence-electron chi connectivity index (χ3n) is 7.61. The number of rotatable bonds is 6. The number of hydrogen-bond donors (Lipinski definition) is 1. The molecule has 1 amide bonds. The molecule has 2 unspecified atom stereocenters. The largest absolute Gasteiger partial charge is 0.493 e. The topological polar surface area (TPSA) is 64.6 Å². The number of ketones is 1. The zero-order valence-corrected chi connectivity index (χ0v) is 22.5. The molecule has 38 heavy (non-hydrogen) atoms. The van der Waals surface area contributed by atoms with Crippen LogP contribution in [0.3, 0.4) is 0 Å². The van der Waals surface area contributed by atoms with E-state index < -0.39 is 0 Å². The molecule has 5 heteroatoms. The number of benzene rings is 3. The van der Waals surface area contributed by atoms with Crippen molar-refractivity contribution in [2.45, 2.75) is 63.9 Å². The molecule has 0 saturated carbocycles. The molecule has 0 aromatic heterocycles.